The number of aryl methyl sites for hydroxylation is 2. The van der Waals surface area contributed by atoms with Gasteiger partial charge in [-0.25, -0.2) is 9.97 Å². The molecule has 0 aliphatic carbocycles. The fraction of sp³-hybridized carbons (Fsp3) is 0.692. The number of anilines is 1. The first-order valence-electron chi connectivity index (χ1n) is 6.43. The first-order valence-corrected chi connectivity index (χ1v) is 6.43. The van der Waals surface area contributed by atoms with E-state index >= 15 is 0 Å². The van der Waals surface area contributed by atoms with Crippen LogP contribution in [-0.2, 0) is 6.42 Å². The molecule has 0 saturated carbocycles. The van der Waals surface area contributed by atoms with Gasteiger partial charge in [0.05, 0.1) is 0 Å². The highest BCUT2D eigenvalue weighted by Crippen LogP contribution is 2.16. The minimum Gasteiger partial charge on any atom is -0.341 e. The lowest BCUT2D eigenvalue weighted by atomic mass is 10.1. The van der Waals surface area contributed by atoms with E-state index in [0.717, 1.165) is 49.8 Å². The zero-order valence-corrected chi connectivity index (χ0v) is 11.5. The summed E-state index contributed by atoms with van der Waals surface area (Å²) < 4.78 is 0. The molecule has 4 nitrogen and oxygen atoms in total. The van der Waals surface area contributed by atoms with Gasteiger partial charge in [0.2, 0.25) is 5.95 Å². The second kappa shape index (κ2) is 6.55. The van der Waals surface area contributed by atoms with Crippen LogP contribution in [0.4, 0.5) is 5.95 Å². The Labute approximate surface area is 104 Å². The standard InChI is InChI=1S/C13H24N4/c1-5-17(6-2)13-15-10(3)12(8-7-9-14)11(4)16-13/h5-9,14H2,1-4H3. The Balaban J connectivity index is 2.99. The van der Waals surface area contributed by atoms with Crippen molar-refractivity contribution in [3.05, 3.63) is 17.0 Å². The van der Waals surface area contributed by atoms with Gasteiger partial charge in [-0.15, -0.1) is 0 Å². The summed E-state index contributed by atoms with van der Waals surface area (Å²) >= 11 is 0. The van der Waals surface area contributed by atoms with Crippen LogP contribution < -0.4 is 10.6 Å². The molecule has 0 aromatic carbocycles. The molecule has 0 amide bonds. The van der Waals surface area contributed by atoms with Crippen molar-refractivity contribution in [3.63, 3.8) is 0 Å². The van der Waals surface area contributed by atoms with E-state index in [9.17, 15) is 0 Å². The van der Waals surface area contributed by atoms with Crippen LogP contribution in [0.25, 0.3) is 0 Å². The number of hydrogen-bond acceptors (Lipinski definition) is 4. The predicted octanol–water partition coefficient (Wildman–Crippen LogP) is 1.83. The average Bonchev–Trinajstić information content (AvgIpc) is 2.30. The first kappa shape index (κ1) is 13.9. The van der Waals surface area contributed by atoms with E-state index in [1.54, 1.807) is 0 Å². The van der Waals surface area contributed by atoms with Gasteiger partial charge >= 0.3 is 0 Å². The Kier molecular flexibility index (Phi) is 5.35. The average molecular weight is 236 g/mol. The molecule has 0 radical (unpaired) electrons. The van der Waals surface area contributed by atoms with Crippen molar-refractivity contribution in [1.29, 1.82) is 0 Å². The van der Waals surface area contributed by atoms with Crippen LogP contribution >= 0.6 is 0 Å². The van der Waals surface area contributed by atoms with Crippen molar-refractivity contribution < 1.29 is 0 Å². The Morgan fingerprint density at radius 2 is 1.59 bits per heavy atom. The number of nitrogens with zero attached hydrogens (tertiary/aromatic N) is 3. The van der Waals surface area contributed by atoms with Gasteiger partial charge in [-0.3, -0.25) is 0 Å². The number of nitrogens with two attached hydrogens (primary N) is 1. The second-order valence-corrected chi connectivity index (χ2v) is 4.24. The van der Waals surface area contributed by atoms with Gasteiger partial charge in [0, 0.05) is 24.5 Å². The van der Waals surface area contributed by atoms with Crippen LogP contribution in [0.2, 0.25) is 0 Å². The molecule has 0 saturated heterocycles. The summed E-state index contributed by atoms with van der Waals surface area (Å²) in [5.41, 5.74) is 8.99. The summed E-state index contributed by atoms with van der Waals surface area (Å²) in [6.45, 7) is 11.0. The van der Waals surface area contributed by atoms with Crippen molar-refractivity contribution >= 4 is 5.95 Å². The number of rotatable bonds is 6. The molecule has 1 aromatic rings. The lowest BCUT2D eigenvalue weighted by Crippen LogP contribution is -2.25. The molecule has 4 heteroatoms. The van der Waals surface area contributed by atoms with Gasteiger partial charge < -0.3 is 10.6 Å². The van der Waals surface area contributed by atoms with Crippen LogP contribution in [0.15, 0.2) is 0 Å². The summed E-state index contributed by atoms with van der Waals surface area (Å²) in [4.78, 5) is 11.4. The molecule has 1 heterocycles. The normalized spacial score (nSPS) is 10.6. The number of aromatic nitrogens is 2. The molecule has 0 bridgehead atoms. The maximum atomic E-state index is 5.55. The summed E-state index contributed by atoms with van der Waals surface area (Å²) in [5, 5.41) is 0. The minimum absolute atomic E-state index is 0.719. The third-order valence-electron chi connectivity index (χ3n) is 3.09. The van der Waals surface area contributed by atoms with Crippen molar-refractivity contribution in [1.82, 2.24) is 9.97 Å². The van der Waals surface area contributed by atoms with Crippen LogP contribution in [0, 0.1) is 13.8 Å². The van der Waals surface area contributed by atoms with E-state index in [2.05, 4.69) is 42.6 Å². The molecule has 1 aromatic heterocycles. The smallest absolute Gasteiger partial charge is 0.225 e. The van der Waals surface area contributed by atoms with Crippen molar-refractivity contribution in [2.24, 2.45) is 5.73 Å². The SMILES string of the molecule is CCN(CC)c1nc(C)c(CCCN)c(C)n1. The molecule has 0 aliphatic rings. The van der Waals surface area contributed by atoms with Crippen LogP contribution in [0.3, 0.4) is 0 Å². The molecule has 17 heavy (non-hydrogen) atoms. The van der Waals surface area contributed by atoms with Crippen molar-refractivity contribution in [3.8, 4) is 0 Å². The fourth-order valence-electron chi connectivity index (χ4n) is 2.01. The lowest BCUT2D eigenvalue weighted by Gasteiger charge is -2.20. The van der Waals surface area contributed by atoms with Gasteiger partial charge in [-0.05, 0) is 52.6 Å². The van der Waals surface area contributed by atoms with E-state index in [-0.39, 0.29) is 0 Å². The zero-order chi connectivity index (χ0) is 12.8. The van der Waals surface area contributed by atoms with E-state index in [1.807, 2.05) is 0 Å². The molecular formula is C13H24N4. The second-order valence-electron chi connectivity index (χ2n) is 4.24. The monoisotopic (exact) mass is 236 g/mol. The van der Waals surface area contributed by atoms with Crippen LogP contribution in [-0.4, -0.2) is 29.6 Å². The molecule has 0 unspecified atom stereocenters. The maximum absolute atomic E-state index is 5.55. The molecule has 1 rings (SSSR count). The van der Waals surface area contributed by atoms with Crippen LogP contribution in [0.1, 0.15) is 37.2 Å². The predicted molar refractivity (Wildman–Crippen MR) is 72.4 cm³/mol. The Morgan fingerprint density at radius 1 is 1.06 bits per heavy atom. The fourth-order valence-corrected chi connectivity index (χ4v) is 2.01. The Bertz CT molecular complexity index is 335. The molecule has 2 N–H and O–H groups in total. The zero-order valence-electron chi connectivity index (χ0n) is 11.5. The molecule has 0 aliphatic heterocycles. The van der Waals surface area contributed by atoms with Gasteiger partial charge in [-0.1, -0.05) is 0 Å². The molecule has 0 spiro atoms. The van der Waals surface area contributed by atoms with Gasteiger partial charge in [0.25, 0.3) is 0 Å². The Morgan fingerprint density at radius 3 is 2.00 bits per heavy atom. The van der Waals surface area contributed by atoms with E-state index in [0.29, 0.717) is 0 Å². The lowest BCUT2D eigenvalue weighted by molar-refractivity contribution is 0.777. The van der Waals surface area contributed by atoms with Crippen LogP contribution in [0.5, 0.6) is 0 Å². The quantitative estimate of drug-likeness (QED) is 0.818. The minimum atomic E-state index is 0.719. The molecular weight excluding hydrogens is 212 g/mol. The highest BCUT2D eigenvalue weighted by atomic mass is 15.2. The van der Waals surface area contributed by atoms with E-state index in [4.69, 9.17) is 5.73 Å². The molecule has 0 fully saturated rings. The van der Waals surface area contributed by atoms with Crippen molar-refractivity contribution in [2.45, 2.75) is 40.5 Å². The summed E-state index contributed by atoms with van der Waals surface area (Å²) in [7, 11) is 0. The van der Waals surface area contributed by atoms with Crippen molar-refractivity contribution in [2.75, 3.05) is 24.5 Å². The van der Waals surface area contributed by atoms with E-state index in [1.165, 1.54) is 5.56 Å². The summed E-state index contributed by atoms with van der Waals surface area (Å²) in [5.74, 6) is 0.849. The summed E-state index contributed by atoms with van der Waals surface area (Å²) in [6.07, 6.45) is 1.97. The maximum Gasteiger partial charge on any atom is 0.225 e. The third kappa shape index (κ3) is 3.40. The van der Waals surface area contributed by atoms with Gasteiger partial charge in [-0.2, -0.15) is 0 Å². The first-order chi connectivity index (χ1) is 8.13. The van der Waals surface area contributed by atoms with E-state index < -0.39 is 0 Å². The third-order valence-corrected chi connectivity index (χ3v) is 3.09. The highest BCUT2D eigenvalue weighted by Gasteiger charge is 2.11. The largest absolute Gasteiger partial charge is 0.341 e. The summed E-state index contributed by atoms with van der Waals surface area (Å²) in [6, 6.07) is 0. The Hall–Kier alpha value is -1.16. The highest BCUT2D eigenvalue weighted by molar-refractivity contribution is 5.36. The molecule has 0 atom stereocenters. The topological polar surface area (TPSA) is 55.0 Å². The number of hydrogen-bond donors (Lipinski definition) is 1. The van der Waals surface area contributed by atoms with Gasteiger partial charge in [0.1, 0.15) is 0 Å². The molecule has 96 valence electrons. The van der Waals surface area contributed by atoms with Gasteiger partial charge in [0.15, 0.2) is 0 Å².